The van der Waals surface area contributed by atoms with Gasteiger partial charge >= 0.3 is 0 Å². The first-order valence-corrected chi connectivity index (χ1v) is 8.38. The van der Waals surface area contributed by atoms with Gasteiger partial charge in [0.1, 0.15) is 11.5 Å². The van der Waals surface area contributed by atoms with Crippen LogP contribution in [0.5, 0.6) is 11.5 Å². The van der Waals surface area contributed by atoms with Gasteiger partial charge in [-0.3, -0.25) is 0 Å². The van der Waals surface area contributed by atoms with E-state index in [1.54, 1.807) is 0 Å². The Balaban J connectivity index is 2.28. The highest BCUT2D eigenvalue weighted by Gasteiger charge is 2.15. The van der Waals surface area contributed by atoms with E-state index in [1.807, 2.05) is 6.07 Å². The number of halogens is 1. The van der Waals surface area contributed by atoms with Gasteiger partial charge in [-0.15, -0.1) is 0 Å². The molecule has 0 unspecified atom stereocenters. The Morgan fingerprint density at radius 3 is 1.95 bits per heavy atom. The van der Waals surface area contributed by atoms with E-state index in [2.05, 4.69) is 80.9 Å². The summed E-state index contributed by atoms with van der Waals surface area (Å²) in [4.78, 5) is 0. The lowest BCUT2D eigenvalue weighted by Gasteiger charge is -2.21. The monoisotopic (exact) mass is 346 g/mol. The maximum atomic E-state index is 6.09. The minimum absolute atomic E-state index is 0.163. The van der Waals surface area contributed by atoms with Crippen molar-refractivity contribution < 1.29 is 4.74 Å². The molecule has 0 radical (unpaired) electrons. The lowest BCUT2D eigenvalue weighted by atomic mass is 9.86. The highest BCUT2D eigenvalue weighted by atomic mass is 79.9. The molecule has 0 bridgehead atoms. The first-order chi connectivity index (χ1) is 9.81. The summed E-state index contributed by atoms with van der Waals surface area (Å²) in [5, 5.41) is 0.868. The standard InChI is InChI=1S/C19H23BrO/c1-13-10-15(12-20)6-8-17(13)21-18-9-7-16(11-14(18)2)19(3,4)5/h6-11H,12H2,1-5H3. The fraction of sp³-hybridized carbons (Fsp3) is 0.368. The fourth-order valence-electron chi connectivity index (χ4n) is 2.26. The van der Waals surface area contributed by atoms with Crippen LogP contribution in [0.15, 0.2) is 36.4 Å². The zero-order chi connectivity index (χ0) is 15.6. The van der Waals surface area contributed by atoms with Gasteiger partial charge in [-0.05, 0) is 53.6 Å². The van der Waals surface area contributed by atoms with Gasteiger partial charge in [-0.1, -0.05) is 61.0 Å². The van der Waals surface area contributed by atoms with E-state index in [0.717, 1.165) is 22.4 Å². The van der Waals surface area contributed by atoms with Gasteiger partial charge in [0, 0.05) is 5.33 Å². The molecule has 2 aromatic carbocycles. The molecular formula is C19H23BrO. The Morgan fingerprint density at radius 2 is 1.48 bits per heavy atom. The molecule has 2 aromatic rings. The van der Waals surface area contributed by atoms with Crippen molar-refractivity contribution >= 4 is 15.9 Å². The molecule has 2 heteroatoms. The maximum Gasteiger partial charge on any atom is 0.130 e. The van der Waals surface area contributed by atoms with Gasteiger partial charge in [0.2, 0.25) is 0 Å². The van der Waals surface area contributed by atoms with Crippen LogP contribution in [0.3, 0.4) is 0 Å². The molecule has 0 saturated carbocycles. The molecule has 1 nitrogen and oxygen atoms in total. The van der Waals surface area contributed by atoms with Crippen molar-refractivity contribution in [1.29, 1.82) is 0 Å². The van der Waals surface area contributed by atoms with Crippen LogP contribution >= 0.6 is 15.9 Å². The Morgan fingerprint density at radius 1 is 0.905 bits per heavy atom. The summed E-state index contributed by atoms with van der Waals surface area (Å²) in [6, 6.07) is 12.7. The van der Waals surface area contributed by atoms with Gasteiger partial charge in [0.25, 0.3) is 0 Å². The first kappa shape index (κ1) is 16.1. The summed E-state index contributed by atoms with van der Waals surface area (Å²) < 4.78 is 6.09. The molecule has 21 heavy (non-hydrogen) atoms. The largest absolute Gasteiger partial charge is 0.457 e. The number of alkyl halides is 1. The molecule has 0 heterocycles. The van der Waals surface area contributed by atoms with E-state index in [4.69, 9.17) is 4.74 Å². The average molecular weight is 347 g/mol. The van der Waals surface area contributed by atoms with Crippen LogP contribution in [0.25, 0.3) is 0 Å². The maximum absolute atomic E-state index is 6.09. The summed E-state index contributed by atoms with van der Waals surface area (Å²) in [5.41, 5.74) is 5.09. The van der Waals surface area contributed by atoms with Crippen LogP contribution in [-0.2, 0) is 10.7 Å². The van der Waals surface area contributed by atoms with Crippen LogP contribution in [0.1, 0.15) is 43.0 Å². The van der Waals surface area contributed by atoms with Crippen molar-refractivity contribution in [2.75, 3.05) is 0 Å². The van der Waals surface area contributed by atoms with Crippen molar-refractivity contribution in [3.8, 4) is 11.5 Å². The second-order valence-corrected chi connectivity index (χ2v) is 7.13. The molecule has 0 aliphatic rings. The normalized spacial score (nSPS) is 11.5. The Labute approximate surface area is 136 Å². The molecule has 0 atom stereocenters. The molecule has 0 fully saturated rings. The van der Waals surface area contributed by atoms with Crippen LogP contribution in [0, 0.1) is 13.8 Å². The van der Waals surface area contributed by atoms with Crippen LogP contribution < -0.4 is 4.74 Å². The minimum Gasteiger partial charge on any atom is -0.457 e. The molecule has 0 spiro atoms. The number of ether oxygens (including phenoxy) is 1. The zero-order valence-corrected chi connectivity index (χ0v) is 15.0. The smallest absolute Gasteiger partial charge is 0.130 e. The van der Waals surface area contributed by atoms with Crippen molar-refractivity contribution in [3.05, 3.63) is 58.7 Å². The predicted molar refractivity (Wildman–Crippen MR) is 93.8 cm³/mol. The number of hydrogen-bond acceptors (Lipinski definition) is 1. The van der Waals surface area contributed by atoms with E-state index in [0.29, 0.717) is 0 Å². The Kier molecular flexibility index (Phi) is 4.77. The van der Waals surface area contributed by atoms with Gasteiger partial charge in [0.15, 0.2) is 0 Å². The number of aryl methyl sites for hydroxylation is 2. The van der Waals surface area contributed by atoms with E-state index in [-0.39, 0.29) is 5.41 Å². The lowest BCUT2D eigenvalue weighted by Crippen LogP contribution is -2.11. The number of benzene rings is 2. The lowest BCUT2D eigenvalue weighted by molar-refractivity contribution is 0.473. The molecule has 112 valence electrons. The molecule has 0 aliphatic heterocycles. The fourth-order valence-corrected chi connectivity index (χ4v) is 2.61. The SMILES string of the molecule is Cc1cc(CBr)ccc1Oc1ccc(C(C)(C)C)cc1C. The summed E-state index contributed by atoms with van der Waals surface area (Å²) in [6.07, 6.45) is 0. The summed E-state index contributed by atoms with van der Waals surface area (Å²) in [6.45, 7) is 10.9. The quantitative estimate of drug-likeness (QED) is 0.593. The third kappa shape index (κ3) is 3.88. The van der Waals surface area contributed by atoms with Crippen LogP contribution in [-0.4, -0.2) is 0 Å². The van der Waals surface area contributed by atoms with E-state index in [9.17, 15) is 0 Å². The molecule has 0 aromatic heterocycles. The van der Waals surface area contributed by atoms with E-state index >= 15 is 0 Å². The summed E-state index contributed by atoms with van der Waals surface area (Å²) in [7, 11) is 0. The van der Waals surface area contributed by atoms with Gasteiger partial charge < -0.3 is 4.74 Å². The molecule has 0 aliphatic carbocycles. The van der Waals surface area contributed by atoms with E-state index < -0.39 is 0 Å². The Hall–Kier alpha value is -1.28. The molecule has 0 amide bonds. The summed E-state index contributed by atoms with van der Waals surface area (Å²) >= 11 is 3.48. The van der Waals surface area contributed by atoms with Crippen molar-refractivity contribution in [2.24, 2.45) is 0 Å². The van der Waals surface area contributed by atoms with Gasteiger partial charge in [0.05, 0.1) is 0 Å². The highest BCUT2D eigenvalue weighted by molar-refractivity contribution is 9.08. The molecular weight excluding hydrogens is 324 g/mol. The van der Waals surface area contributed by atoms with E-state index in [1.165, 1.54) is 16.7 Å². The first-order valence-electron chi connectivity index (χ1n) is 7.26. The van der Waals surface area contributed by atoms with Crippen molar-refractivity contribution in [2.45, 2.75) is 45.4 Å². The predicted octanol–water partition coefficient (Wildman–Crippen LogP) is 6.29. The molecule has 2 rings (SSSR count). The second-order valence-electron chi connectivity index (χ2n) is 6.57. The molecule has 0 N–H and O–H groups in total. The number of hydrogen-bond donors (Lipinski definition) is 0. The third-order valence-electron chi connectivity index (χ3n) is 3.65. The van der Waals surface area contributed by atoms with Crippen LogP contribution in [0.4, 0.5) is 0 Å². The van der Waals surface area contributed by atoms with Crippen LogP contribution in [0.2, 0.25) is 0 Å². The second kappa shape index (κ2) is 6.23. The molecule has 0 saturated heterocycles. The Bertz CT molecular complexity index is 638. The third-order valence-corrected chi connectivity index (χ3v) is 4.30. The highest BCUT2D eigenvalue weighted by Crippen LogP contribution is 2.32. The summed E-state index contributed by atoms with van der Waals surface area (Å²) in [5.74, 6) is 1.85. The number of rotatable bonds is 3. The topological polar surface area (TPSA) is 9.23 Å². The average Bonchev–Trinajstić information content (AvgIpc) is 2.41. The zero-order valence-electron chi connectivity index (χ0n) is 13.5. The van der Waals surface area contributed by atoms with Gasteiger partial charge in [-0.2, -0.15) is 0 Å². The minimum atomic E-state index is 0.163. The van der Waals surface area contributed by atoms with Gasteiger partial charge in [-0.25, -0.2) is 0 Å². The van der Waals surface area contributed by atoms with Crippen molar-refractivity contribution in [3.63, 3.8) is 0 Å². The van der Waals surface area contributed by atoms with Crippen molar-refractivity contribution in [1.82, 2.24) is 0 Å².